The van der Waals surface area contributed by atoms with Crippen LogP contribution in [0.5, 0.6) is 0 Å². The van der Waals surface area contributed by atoms with Gasteiger partial charge in [0.05, 0.1) is 24.9 Å². The van der Waals surface area contributed by atoms with Gasteiger partial charge in [0, 0.05) is 13.1 Å². The second-order valence-corrected chi connectivity index (χ2v) is 5.67. The van der Waals surface area contributed by atoms with Crippen molar-refractivity contribution in [2.45, 2.75) is 70.6 Å². The van der Waals surface area contributed by atoms with Crippen LogP contribution < -0.4 is 10.6 Å². The zero-order valence-electron chi connectivity index (χ0n) is 12.9. The fraction of sp³-hybridized carbons (Fsp3) is 0.933. The van der Waals surface area contributed by atoms with Gasteiger partial charge in [0.15, 0.2) is 0 Å². The Morgan fingerprint density at radius 1 is 1.35 bits per heavy atom. The summed E-state index contributed by atoms with van der Waals surface area (Å²) >= 11 is 0. The third-order valence-corrected chi connectivity index (χ3v) is 3.68. The summed E-state index contributed by atoms with van der Waals surface area (Å²) in [4.78, 5) is 11.6. The van der Waals surface area contributed by atoms with Crippen LogP contribution in [0.2, 0.25) is 0 Å². The van der Waals surface area contributed by atoms with Crippen LogP contribution in [0.15, 0.2) is 0 Å². The Balaban J connectivity index is 2.08. The summed E-state index contributed by atoms with van der Waals surface area (Å²) in [5, 5.41) is 15.7. The van der Waals surface area contributed by atoms with Crippen LogP contribution in [-0.4, -0.2) is 49.0 Å². The molecular formula is C15H30N2O3. The van der Waals surface area contributed by atoms with Gasteiger partial charge in [0.1, 0.15) is 0 Å². The molecule has 1 amide bonds. The molecule has 0 aromatic rings. The number of ether oxygens (including phenoxy) is 1. The highest BCUT2D eigenvalue weighted by Crippen LogP contribution is 2.20. The van der Waals surface area contributed by atoms with Crippen molar-refractivity contribution in [3.05, 3.63) is 0 Å². The number of amides is 1. The van der Waals surface area contributed by atoms with E-state index in [1.807, 2.05) is 6.92 Å². The molecule has 3 N–H and O–H groups in total. The number of carbonyl (C=O) groups is 1. The van der Waals surface area contributed by atoms with Crippen LogP contribution in [0.25, 0.3) is 0 Å². The molecule has 0 aromatic heterocycles. The summed E-state index contributed by atoms with van der Waals surface area (Å²) in [7, 11) is 0. The maximum Gasteiger partial charge on any atom is 0.236 e. The van der Waals surface area contributed by atoms with Crippen molar-refractivity contribution < 1.29 is 14.6 Å². The van der Waals surface area contributed by atoms with Crippen molar-refractivity contribution in [1.29, 1.82) is 0 Å². The molecule has 5 nitrogen and oxygen atoms in total. The van der Waals surface area contributed by atoms with Gasteiger partial charge in [-0.25, -0.2) is 0 Å². The summed E-state index contributed by atoms with van der Waals surface area (Å²) < 4.78 is 5.71. The molecule has 0 saturated heterocycles. The van der Waals surface area contributed by atoms with E-state index in [-0.39, 0.29) is 11.9 Å². The summed E-state index contributed by atoms with van der Waals surface area (Å²) in [6, 6.07) is -0.286. The van der Waals surface area contributed by atoms with E-state index in [0.29, 0.717) is 25.8 Å². The molecule has 0 aliphatic heterocycles. The molecule has 0 aromatic carbocycles. The van der Waals surface area contributed by atoms with Gasteiger partial charge in [-0.15, -0.1) is 0 Å². The lowest BCUT2D eigenvalue weighted by Crippen LogP contribution is -2.45. The van der Waals surface area contributed by atoms with Crippen molar-refractivity contribution >= 4 is 5.91 Å². The Morgan fingerprint density at radius 3 is 2.70 bits per heavy atom. The number of hydrogen-bond donors (Lipinski definition) is 3. The van der Waals surface area contributed by atoms with E-state index in [0.717, 1.165) is 19.3 Å². The van der Waals surface area contributed by atoms with Gasteiger partial charge >= 0.3 is 0 Å². The Labute approximate surface area is 122 Å². The number of aliphatic hydroxyl groups is 1. The van der Waals surface area contributed by atoms with Crippen LogP contribution in [0.3, 0.4) is 0 Å². The quantitative estimate of drug-likeness (QED) is 0.596. The van der Waals surface area contributed by atoms with E-state index in [1.165, 1.54) is 19.3 Å². The molecule has 2 atom stereocenters. The first-order chi connectivity index (χ1) is 9.63. The second-order valence-electron chi connectivity index (χ2n) is 5.67. The first kappa shape index (κ1) is 17.4. The van der Waals surface area contributed by atoms with Crippen LogP contribution in [0.1, 0.15) is 52.4 Å². The number of aliphatic hydroxyl groups excluding tert-OH is 1. The fourth-order valence-electron chi connectivity index (χ4n) is 2.34. The predicted molar refractivity (Wildman–Crippen MR) is 79.6 cm³/mol. The average molecular weight is 286 g/mol. The van der Waals surface area contributed by atoms with Gasteiger partial charge in [-0.2, -0.15) is 0 Å². The first-order valence-electron chi connectivity index (χ1n) is 7.94. The number of nitrogens with one attached hydrogen (secondary N) is 2. The molecule has 0 bridgehead atoms. The molecule has 2 unspecified atom stereocenters. The SMILES string of the molecule is CCCNC(=O)C(C)NCC(O)COC1CCCCC1. The lowest BCUT2D eigenvalue weighted by atomic mass is 9.98. The number of rotatable bonds is 9. The maximum absolute atomic E-state index is 11.6. The van der Waals surface area contributed by atoms with E-state index in [2.05, 4.69) is 10.6 Å². The smallest absolute Gasteiger partial charge is 0.236 e. The molecule has 20 heavy (non-hydrogen) atoms. The Morgan fingerprint density at radius 2 is 2.05 bits per heavy atom. The van der Waals surface area contributed by atoms with Crippen LogP contribution in [-0.2, 0) is 9.53 Å². The molecule has 5 heteroatoms. The van der Waals surface area contributed by atoms with Crippen molar-refractivity contribution in [3.63, 3.8) is 0 Å². The lowest BCUT2D eigenvalue weighted by Gasteiger charge is -2.24. The Bertz CT molecular complexity index is 268. The van der Waals surface area contributed by atoms with Crippen molar-refractivity contribution in [2.75, 3.05) is 19.7 Å². The summed E-state index contributed by atoms with van der Waals surface area (Å²) in [5.41, 5.74) is 0. The minimum Gasteiger partial charge on any atom is -0.389 e. The van der Waals surface area contributed by atoms with E-state index in [1.54, 1.807) is 6.92 Å². The predicted octanol–water partition coefficient (Wildman–Crippen LogP) is 1.20. The van der Waals surface area contributed by atoms with Gasteiger partial charge in [0.25, 0.3) is 0 Å². The molecule has 0 radical (unpaired) electrons. The molecule has 118 valence electrons. The largest absolute Gasteiger partial charge is 0.389 e. The zero-order valence-corrected chi connectivity index (χ0v) is 12.9. The molecule has 0 spiro atoms. The topological polar surface area (TPSA) is 70.6 Å². The molecule has 1 aliphatic carbocycles. The minimum atomic E-state index is -0.557. The van der Waals surface area contributed by atoms with Crippen molar-refractivity contribution in [3.8, 4) is 0 Å². The monoisotopic (exact) mass is 286 g/mol. The normalized spacial score (nSPS) is 19.6. The van der Waals surface area contributed by atoms with Crippen molar-refractivity contribution in [2.24, 2.45) is 0 Å². The molecule has 1 rings (SSSR count). The second kappa shape index (κ2) is 10.1. The maximum atomic E-state index is 11.6. The van der Waals surface area contributed by atoms with Gasteiger partial charge < -0.3 is 20.5 Å². The van der Waals surface area contributed by atoms with Gasteiger partial charge in [-0.1, -0.05) is 26.2 Å². The number of carbonyl (C=O) groups excluding carboxylic acids is 1. The van der Waals surface area contributed by atoms with Gasteiger partial charge in [-0.3, -0.25) is 4.79 Å². The lowest BCUT2D eigenvalue weighted by molar-refractivity contribution is -0.122. The Kier molecular flexibility index (Phi) is 8.82. The van der Waals surface area contributed by atoms with E-state index < -0.39 is 6.10 Å². The van der Waals surface area contributed by atoms with Crippen LogP contribution >= 0.6 is 0 Å². The summed E-state index contributed by atoms with van der Waals surface area (Å²) in [5.74, 6) is -0.0211. The zero-order chi connectivity index (χ0) is 14.8. The standard InChI is InChI=1S/C15H30N2O3/c1-3-9-16-15(19)12(2)17-10-13(18)11-20-14-7-5-4-6-8-14/h12-14,17-18H,3-11H2,1-2H3,(H,16,19). The minimum absolute atomic E-state index is 0.0211. The highest BCUT2D eigenvalue weighted by Gasteiger charge is 2.17. The molecule has 1 saturated carbocycles. The average Bonchev–Trinajstić information content (AvgIpc) is 2.49. The van der Waals surface area contributed by atoms with Crippen molar-refractivity contribution in [1.82, 2.24) is 10.6 Å². The van der Waals surface area contributed by atoms with Crippen LogP contribution in [0, 0.1) is 0 Å². The van der Waals surface area contributed by atoms with E-state index >= 15 is 0 Å². The highest BCUT2D eigenvalue weighted by atomic mass is 16.5. The summed E-state index contributed by atoms with van der Waals surface area (Å²) in [6.45, 7) is 5.25. The fourth-order valence-corrected chi connectivity index (χ4v) is 2.34. The summed E-state index contributed by atoms with van der Waals surface area (Å²) in [6.07, 6.45) is 6.65. The molecule has 1 fully saturated rings. The van der Waals surface area contributed by atoms with Crippen LogP contribution in [0.4, 0.5) is 0 Å². The molecular weight excluding hydrogens is 256 g/mol. The highest BCUT2D eigenvalue weighted by molar-refractivity contribution is 5.81. The first-order valence-corrected chi connectivity index (χ1v) is 7.94. The third kappa shape index (κ3) is 7.22. The van der Waals surface area contributed by atoms with E-state index in [4.69, 9.17) is 4.74 Å². The van der Waals surface area contributed by atoms with E-state index in [9.17, 15) is 9.90 Å². The third-order valence-electron chi connectivity index (χ3n) is 3.68. The number of hydrogen-bond acceptors (Lipinski definition) is 4. The van der Waals surface area contributed by atoms with Gasteiger partial charge in [0.2, 0.25) is 5.91 Å². The molecule has 1 aliphatic rings. The van der Waals surface area contributed by atoms with Gasteiger partial charge in [-0.05, 0) is 26.2 Å². The molecule has 0 heterocycles. The Hall–Kier alpha value is -0.650.